The second-order valence-electron chi connectivity index (χ2n) is 7.38. The van der Waals surface area contributed by atoms with Crippen LogP contribution >= 0.6 is 11.6 Å². The second-order valence-corrected chi connectivity index (χ2v) is 7.82. The lowest BCUT2D eigenvalue weighted by Crippen LogP contribution is -2.49. The van der Waals surface area contributed by atoms with Crippen LogP contribution in [0.5, 0.6) is 0 Å². The first-order valence-electron chi connectivity index (χ1n) is 9.15. The molecule has 4 heterocycles. The zero-order valence-electron chi connectivity index (χ0n) is 14.4. The van der Waals surface area contributed by atoms with Gasteiger partial charge < -0.3 is 15.0 Å². The molecule has 1 aromatic rings. The van der Waals surface area contributed by atoms with E-state index >= 15 is 0 Å². The lowest BCUT2D eigenvalue weighted by atomic mass is 9.76. The molecule has 3 aliphatic heterocycles. The third kappa shape index (κ3) is 3.61. The van der Waals surface area contributed by atoms with E-state index in [1.54, 1.807) is 6.20 Å². The molecule has 0 radical (unpaired) electrons. The van der Waals surface area contributed by atoms with Crippen LogP contribution in [0.15, 0.2) is 18.3 Å². The number of ether oxygens (including phenoxy) is 1. The summed E-state index contributed by atoms with van der Waals surface area (Å²) in [6.07, 6.45) is 4.45. The zero-order chi connectivity index (χ0) is 17.3. The molecule has 3 saturated heterocycles. The molecule has 7 heteroatoms. The molecule has 1 spiro atoms. The number of carbonyl (C=O) groups excluding carboxylic acids is 1. The van der Waals surface area contributed by atoms with Gasteiger partial charge in [-0.05, 0) is 38.1 Å². The smallest absolute Gasteiger partial charge is 0.312 e. The SMILES string of the molecule is O=C1OC(CN2CCN(c3ccc(Cl)cn3)CC2)CC12CCNCC2. The van der Waals surface area contributed by atoms with Gasteiger partial charge in [0.15, 0.2) is 0 Å². The highest BCUT2D eigenvalue weighted by Crippen LogP contribution is 2.41. The molecule has 4 rings (SSSR count). The normalized spacial score (nSPS) is 26.8. The molecule has 3 aliphatic rings. The molecule has 25 heavy (non-hydrogen) atoms. The minimum absolute atomic E-state index is 0.0306. The molecule has 0 aromatic carbocycles. The van der Waals surface area contributed by atoms with Crippen LogP contribution in [0.2, 0.25) is 5.02 Å². The number of aromatic nitrogens is 1. The van der Waals surface area contributed by atoms with Crippen molar-refractivity contribution in [3.8, 4) is 0 Å². The Morgan fingerprint density at radius 1 is 1.24 bits per heavy atom. The van der Waals surface area contributed by atoms with Gasteiger partial charge in [-0.15, -0.1) is 0 Å². The summed E-state index contributed by atoms with van der Waals surface area (Å²) in [5, 5.41) is 4.00. The van der Waals surface area contributed by atoms with E-state index in [2.05, 4.69) is 20.1 Å². The van der Waals surface area contributed by atoms with E-state index in [-0.39, 0.29) is 17.5 Å². The number of cyclic esters (lactones) is 1. The van der Waals surface area contributed by atoms with Gasteiger partial charge >= 0.3 is 5.97 Å². The summed E-state index contributed by atoms with van der Waals surface area (Å²) in [6, 6.07) is 3.85. The molecule has 0 aliphatic carbocycles. The fourth-order valence-corrected chi connectivity index (χ4v) is 4.37. The van der Waals surface area contributed by atoms with Crippen molar-refractivity contribution in [3.63, 3.8) is 0 Å². The maximum atomic E-state index is 12.4. The molecule has 6 nitrogen and oxygen atoms in total. The molecular formula is C18H25ClN4O2. The standard InChI is InChI=1S/C18H25ClN4O2/c19-14-1-2-16(21-12-14)23-9-7-22(8-10-23)13-15-11-18(17(24)25-15)3-5-20-6-4-18/h1-2,12,15,20H,3-11,13H2. The summed E-state index contributed by atoms with van der Waals surface area (Å²) < 4.78 is 5.73. The largest absolute Gasteiger partial charge is 0.461 e. The van der Waals surface area contributed by atoms with E-state index in [4.69, 9.17) is 16.3 Å². The second kappa shape index (κ2) is 7.09. The Balaban J connectivity index is 1.29. The molecular weight excluding hydrogens is 340 g/mol. The number of hydrogen-bond acceptors (Lipinski definition) is 6. The molecule has 136 valence electrons. The third-order valence-electron chi connectivity index (χ3n) is 5.76. The minimum Gasteiger partial charge on any atom is -0.461 e. The number of nitrogens with zero attached hydrogens (tertiary/aromatic N) is 3. The maximum Gasteiger partial charge on any atom is 0.312 e. The Morgan fingerprint density at radius 3 is 2.68 bits per heavy atom. The van der Waals surface area contributed by atoms with E-state index in [1.807, 2.05) is 12.1 Å². The Labute approximate surface area is 153 Å². The number of esters is 1. The van der Waals surface area contributed by atoms with Crippen molar-refractivity contribution in [3.05, 3.63) is 23.4 Å². The Morgan fingerprint density at radius 2 is 2.00 bits per heavy atom. The zero-order valence-corrected chi connectivity index (χ0v) is 15.2. The van der Waals surface area contributed by atoms with Crippen molar-refractivity contribution in [2.75, 3.05) is 50.7 Å². The molecule has 0 saturated carbocycles. The van der Waals surface area contributed by atoms with Crippen LogP contribution in [-0.2, 0) is 9.53 Å². The van der Waals surface area contributed by atoms with Gasteiger partial charge in [-0.25, -0.2) is 4.98 Å². The van der Waals surface area contributed by atoms with Crippen molar-refractivity contribution in [1.82, 2.24) is 15.2 Å². The van der Waals surface area contributed by atoms with Gasteiger partial charge in [0, 0.05) is 45.3 Å². The predicted octanol–water partition coefficient (Wildman–Crippen LogP) is 1.54. The molecule has 0 bridgehead atoms. The van der Waals surface area contributed by atoms with Gasteiger partial charge in [-0.2, -0.15) is 0 Å². The number of hydrogen-bond donors (Lipinski definition) is 1. The summed E-state index contributed by atoms with van der Waals surface area (Å²) >= 11 is 5.91. The first-order valence-corrected chi connectivity index (χ1v) is 9.53. The molecule has 1 aromatic heterocycles. The lowest BCUT2D eigenvalue weighted by Gasteiger charge is -2.36. The predicted molar refractivity (Wildman–Crippen MR) is 96.9 cm³/mol. The van der Waals surface area contributed by atoms with Gasteiger partial charge in [0.25, 0.3) is 0 Å². The summed E-state index contributed by atoms with van der Waals surface area (Å²) in [6.45, 7) is 6.50. The van der Waals surface area contributed by atoms with Gasteiger partial charge in [-0.3, -0.25) is 9.69 Å². The molecule has 1 atom stereocenters. The first-order chi connectivity index (χ1) is 12.1. The van der Waals surface area contributed by atoms with Crippen LogP contribution in [0.4, 0.5) is 5.82 Å². The van der Waals surface area contributed by atoms with Crippen LogP contribution in [0.25, 0.3) is 0 Å². The number of rotatable bonds is 3. The van der Waals surface area contributed by atoms with Crippen LogP contribution < -0.4 is 10.2 Å². The van der Waals surface area contributed by atoms with Crippen molar-refractivity contribution in [2.24, 2.45) is 5.41 Å². The van der Waals surface area contributed by atoms with E-state index in [1.165, 1.54) is 0 Å². The highest BCUT2D eigenvalue weighted by Gasteiger charge is 2.49. The fourth-order valence-electron chi connectivity index (χ4n) is 4.26. The number of carbonyl (C=O) groups is 1. The Kier molecular flexibility index (Phi) is 4.84. The Bertz CT molecular complexity index is 610. The lowest BCUT2D eigenvalue weighted by molar-refractivity contribution is -0.150. The van der Waals surface area contributed by atoms with E-state index in [0.29, 0.717) is 5.02 Å². The summed E-state index contributed by atoms with van der Waals surface area (Å²) in [4.78, 5) is 21.5. The number of piperazine rings is 1. The van der Waals surface area contributed by atoms with Crippen molar-refractivity contribution in [1.29, 1.82) is 0 Å². The van der Waals surface area contributed by atoms with Crippen molar-refractivity contribution < 1.29 is 9.53 Å². The van der Waals surface area contributed by atoms with Gasteiger partial charge in [0.05, 0.1) is 10.4 Å². The number of piperidine rings is 1. The van der Waals surface area contributed by atoms with Gasteiger partial charge in [-0.1, -0.05) is 11.6 Å². The highest BCUT2D eigenvalue weighted by atomic mass is 35.5. The van der Waals surface area contributed by atoms with Crippen molar-refractivity contribution in [2.45, 2.75) is 25.4 Å². The third-order valence-corrected chi connectivity index (χ3v) is 5.98. The first kappa shape index (κ1) is 17.1. The highest BCUT2D eigenvalue weighted by molar-refractivity contribution is 6.30. The van der Waals surface area contributed by atoms with E-state index in [0.717, 1.165) is 70.9 Å². The van der Waals surface area contributed by atoms with Crippen LogP contribution in [-0.4, -0.2) is 67.8 Å². The fraction of sp³-hybridized carbons (Fsp3) is 0.667. The number of pyridine rings is 1. The van der Waals surface area contributed by atoms with Crippen LogP contribution in [0.1, 0.15) is 19.3 Å². The van der Waals surface area contributed by atoms with Crippen LogP contribution in [0.3, 0.4) is 0 Å². The molecule has 3 fully saturated rings. The summed E-state index contributed by atoms with van der Waals surface area (Å²) in [7, 11) is 0. The summed E-state index contributed by atoms with van der Waals surface area (Å²) in [5.41, 5.74) is -0.217. The number of halogens is 1. The quantitative estimate of drug-likeness (QED) is 0.821. The Hall–Kier alpha value is -1.37. The molecule has 1 unspecified atom stereocenters. The molecule has 0 amide bonds. The van der Waals surface area contributed by atoms with E-state index < -0.39 is 0 Å². The maximum absolute atomic E-state index is 12.4. The topological polar surface area (TPSA) is 57.7 Å². The minimum atomic E-state index is -0.217. The number of anilines is 1. The average molecular weight is 365 g/mol. The van der Waals surface area contributed by atoms with Crippen molar-refractivity contribution >= 4 is 23.4 Å². The summed E-state index contributed by atoms with van der Waals surface area (Å²) in [5.74, 6) is 1.01. The van der Waals surface area contributed by atoms with Gasteiger partial charge in [0.1, 0.15) is 11.9 Å². The molecule has 1 N–H and O–H groups in total. The van der Waals surface area contributed by atoms with Crippen LogP contribution in [0, 0.1) is 5.41 Å². The number of nitrogens with one attached hydrogen (secondary N) is 1. The van der Waals surface area contributed by atoms with E-state index in [9.17, 15) is 4.79 Å². The van der Waals surface area contributed by atoms with Gasteiger partial charge in [0.2, 0.25) is 0 Å². The average Bonchev–Trinajstić information content (AvgIpc) is 2.92. The monoisotopic (exact) mass is 364 g/mol.